The molecule has 0 aliphatic carbocycles. The number of amides is 2. The van der Waals surface area contributed by atoms with Gasteiger partial charge in [0, 0.05) is 18.1 Å². The molecule has 4 nitrogen and oxygen atoms in total. The molecule has 1 aromatic rings. The Kier molecular flexibility index (Phi) is 4.15. The predicted octanol–water partition coefficient (Wildman–Crippen LogP) is 3.40. The molecule has 0 radical (unpaired) electrons. The van der Waals surface area contributed by atoms with Gasteiger partial charge in [0.2, 0.25) is 0 Å². The number of nitrogens with zero attached hydrogens (tertiary/aromatic N) is 2. The van der Waals surface area contributed by atoms with Gasteiger partial charge in [0.05, 0.1) is 5.69 Å². The van der Waals surface area contributed by atoms with E-state index in [2.05, 4.69) is 6.92 Å². The van der Waals surface area contributed by atoms with E-state index in [-0.39, 0.29) is 10.9 Å². The molecule has 1 atom stereocenters. The van der Waals surface area contributed by atoms with Crippen molar-refractivity contribution in [3.63, 3.8) is 0 Å². The zero-order valence-electron chi connectivity index (χ0n) is 12.2. The van der Waals surface area contributed by atoms with E-state index in [4.69, 9.17) is 23.2 Å². The van der Waals surface area contributed by atoms with Gasteiger partial charge in [-0.05, 0) is 43.0 Å². The van der Waals surface area contributed by atoms with Crippen molar-refractivity contribution in [2.24, 2.45) is 5.92 Å². The topological polar surface area (TPSA) is 40.6 Å². The van der Waals surface area contributed by atoms with Gasteiger partial charge in [0.25, 0.3) is 11.8 Å². The average molecular weight is 339 g/mol. The third kappa shape index (κ3) is 2.61. The van der Waals surface area contributed by atoms with E-state index < -0.39 is 5.91 Å². The predicted molar refractivity (Wildman–Crippen MR) is 86.8 cm³/mol. The van der Waals surface area contributed by atoms with Crippen LogP contribution in [0.2, 0.25) is 5.02 Å². The Balaban J connectivity index is 1.91. The Bertz CT molecular complexity index is 655. The van der Waals surface area contributed by atoms with Crippen molar-refractivity contribution in [3.05, 3.63) is 40.0 Å². The van der Waals surface area contributed by atoms with Gasteiger partial charge < -0.3 is 4.90 Å². The summed E-state index contributed by atoms with van der Waals surface area (Å²) in [5.41, 5.74) is 0.811. The molecule has 0 aromatic heterocycles. The fraction of sp³-hybridized carbons (Fsp3) is 0.375. The summed E-state index contributed by atoms with van der Waals surface area (Å²) in [5.74, 6) is -0.341. The summed E-state index contributed by atoms with van der Waals surface area (Å²) in [6, 6.07) is 6.58. The lowest BCUT2D eigenvalue weighted by atomic mass is 10.00. The molecule has 1 unspecified atom stereocenters. The van der Waals surface area contributed by atoms with Crippen molar-refractivity contribution >= 4 is 40.7 Å². The molecule has 2 amide bonds. The number of hydrogen-bond donors (Lipinski definition) is 0. The van der Waals surface area contributed by atoms with Crippen LogP contribution in [0.15, 0.2) is 35.0 Å². The van der Waals surface area contributed by atoms with Crippen molar-refractivity contribution in [2.45, 2.75) is 19.8 Å². The average Bonchev–Trinajstić information content (AvgIpc) is 2.71. The fourth-order valence-electron chi connectivity index (χ4n) is 2.98. The zero-order valence-corrected chi connectivity index (χ0v) is 13.7. The second-order valence-corrected chi connectivity index (χ2v) is 6.59. The number of hydrogen-bond acceptors (Lipinski definition) is 3. The number of piperidine rings is 1. The fourth-order valence-corrected chi connectivity index (χ4v) is 3.39. The minimum atomic E-state index is -0.470. The summed E-state index contributed by atoms with van der Waals surface area (Å²) in [6.07, 6.45) is 2.13. The van der Waals surface area contributed by atoms with Crippen LogP contribution >= 0.6 is 23.2 Å². The lowest BCUT2D eigenvalue weighted by Gasteiger charge is -2.33. The van der Waals surface area contributed by atoms with E-state index >= 15 is 0 Å². The first-order chi connectivity index (χ1) is 10.5. The molecular weight excluding hydrogens is 323 g/mol. The molecule has 3 rings (SSSR count). The maximum absolute atomic E-state index is 12.7. The highest BCUT2D eigenvalue weighted by Gasteiger charge is 2.41. The molecule has 1 aromatic carbocycles. The van der Waals surface area contributed by atoms with Gasteiger partial charge in [0.1, 0.15) is 10.7 Å². The highest BCUT2D eigenvalue weighted by atomic mass is 35.5. The molecule has 0 N–H and O–H groups in total. The summed E-state index contributed by atoms with van der Waals surface area (Å²) in [5, 5.41) is 0.557. The number of benzene rings is 1. The van der Waals surface area contributed by atoms with Crippen molar-refractivity contribution in [1.82, 2.24) is 4.90 Å². The summed E-state index contributed by atoms with van der Waals surface area (Å²) in [4.78, 5) is 28.2. The molecule has 116 valence electrons. The van der Waals surface area contributed by atoms with E-state index in [1.54, 1.807) is 24.3 Å². The van der Waals surface area contributed by atoms with E-state index in [9.17, 15) is 9.59 Å². The van der Waals surface area contributed by atoms with Crippen molar-refractivity contribution in [1.29, 1.82) is 0 Å². The van der Waals surface area contributed by atoms with Crippen LogP contribution in [0.25, 0.3) is 0 Å². The molecule has 1 saturated heterocycles. The lowest BCUT2D eigenvalue weighted by molar-refractivity contribution is -0.121. The second kappa shape index (κ2) is 5.94. The Morgan fingerprint density at radius 1 is 1.09 bits per heavy atom. The minimum absolute atomic E-state index is 0.00838. The first-order valence-corrected chi connectivity index (χ1v) is 8.03. The van der Waals surface area contributed by atoms with Gasteiger partial charge in [-0.15, -0.1) is 0 Å². The number of rotatable bonds is 2. The van der Waals surface area contributed by atoms with E-state index in [0.717, 1.165) is 30.8 Å². The standard InChI is InChI=1S/C16H16Cl2N2O2/c1-10-3-2-8-19(9-10)14-13(18)15(21)20(16(14)22)12-6-4-11(17)5-7-12/h4-7,10H,2-3,8-9H2,1H3. The Labute approximate surface area is 139 Å². The molecule has 0 bridgehead atoms. The van der Waals surface area contributed by atoms with Crippen molar-refractivity contribution < 1.29 is 9.59 Å². The maximum Gasteiger partial charge on any atom is 0.283 e. The normalized spacial score (nSPS) is 22.8. The molecule has 0 saturated carbocycles. The number of anilines is 1. The third-order valence-electron chi connectivity index (χ3n) is 4.06. The highest BCUT2D eigenvalue weighted by molar-refractivity contribution is 6.52. The monoisotopic (exact) mass is 338 g/mol. The van der Waals surface area contributed by atoms with Crippen LogP contribution in [0.5, 0.6) is 0 Å². The highest BCUT2D eigenvalue weighted by Crippen LogP contribution is 2.33. The van der Waals surface area contributed by atoms with Crippen molar-refractivity contribution in [2.75, 3.05) is 18.0 Å². The Hall–Kier alpha value is -1.52. The van der Waals surface area contributed by atoms with Gasteiger partial charge in [-0.1, -0.05) is 30.1 Å². The van der Waals surface area contributed by atoms with E-state index in [0.29, 0.717) is 22.3 Å². The molecule has 6 heteroatoms. The van der Waals surface area contributed by atoms with Gasteiger partial charge in [-0.2, -0.15) is 0 Å². The van der Waals surface area contributed by atoms with Crippen LogP contribution in [-0.4, -0.2) is 29.8 Å². The number of imide groups is 1. The first kappa shape index (κ1) is 15.4. The molecule has 0 spiro atoms. The Morgan fingerprint density at radius 2 is 1.77 bits per heavy atom. The van der Waals surface area contributed by atoms with Gasteiger partial charge >= 0.3 is 0 Å². The summed E-state index contributed by atoms with van der Waals surface area (Å²) in [7, 11) is 0. The van der Waals surface area contributed by atoms with Crippen LogP contribution < -0.4 is 4.90 Å². The van der Waals surface area contributed by atoms with Gasteiger partial charge in [-0.3, -0.25) is 9.59 Å². The van der Waals surface area contributed by atoms with Gasteiger partial charge in [-0.25, -0.2) is 4.90 Å². The van der Waals surface area contributed by atoms with E-state index in [1.807, 2.05) is 4.90 Å². The number of likely N-dealkylation sites (tertiary alicyclic amines) is 1. The molecule has 2 aliphatic rings. The molecule has 22 heavy (non-hydrogen) atoms. The van der Waals surface area contributed by atoms with Crippen LogP contribution in [-0.2, 0) is 9.59 Å². The smallest absolute Gasteiger partial charge is 0.283 e. The molecular formula is C16H16Cl2N2O2. The number of carbonyl (C=O) groups is 2. The largest absolute Gasteiger partial charge is 0.365 e. The summed E-state index contributed by atoms with van der Waals surface area (Å²) in [6.45, 7) is 3.64. The quantitative estimate of drug-likeness (QED) is 0.776. The van der Waals surface area contributed by atoms with E-state index in [1.165, 1.54) is 0 Å². The number of carbonyl (C=O) groups excluding carboxylic acids is 2. The van der Waals surface area contributed by atoms with Crippen molar-refractivity contribution in [3.8, 4) is 0 Å². The van der Waals surface area contributed by atoms with Gasteiger partial charge in [0.15, 0.2) is 0 Å². The molecule has 1 fully saturated rings. The Morgan fingerprint density at radius 3 is 2.41 bits per heavy atom. The summed E-state index contributed by atoms with van der Waals surface area (Å²) >= 11 is 12.0. The van der Waals surface area contributed by atoms with Crippen LogP contribution in [0.4, 0.5) is 5.69 Å². The van der Waals surface area contributed by atoms with Crippen LogP contribution in [0.3, 0.4) is 0 Å². The summed E-state index contributed by atoms with van der Waals surface area (Å²) < 4.78 is 0. The minimum Gasteiger partial charge on any atom is -0.365 e. The van der Waals surface area contributed by atoms with Crippen LogP contribution in [0, 0.1) is 5.92 Å². The maximum atomic E-state index is 12.7. The second-order valence-electron chi connectivity index (χ2n) is 5.78. The lowest BCUT2D eigenvalue weighted by Crippen LogP contribution is -2.39. The SMILES string of the molecule is CC1CCCN(C2=C(Cl)C(=O)N(c3ccc(Cl)cc3)C2=O)C1. The zero-order chi connectivity index (χ0) is 15.9. The van der Waals surface area contributed by atoms with Crippen LogP contribution in [0.1, 0.15) is 19.8 Å². The molecule has 2 aliphatic heterocycles. The first-order valence-electron chi connectivity index (χ1n) is 7.28. The molecule has 2 heterocycles. The number of halogens is 2. The third-order valence-corrected chi connectivity index (χ3v) is 4.66.